The Labute approximate surface area is 128 Å². The van der Waals surface area contributed by atoms with Crippen LogP contribution in [0, 0.1) is 5.92 Å². The van der Waals surface area contributed by atoms with Gasteiger partial charge in [-0.1, -0.05) is 39.5 Å². The van der Waals surface area contributed by atoms with E-state index < -0.39 is 0 Å². The third-order valence-electron chi connectivity index (χ3n) is 4.11. The summed E-state index contributed by atoms with van der Waals surface area (Å²) in [5.41, 5.74) is 0. The first kappa shape index (κ1) is 18.0. The van der Waals surface area contributed by atoms with Crippen LogP contribution in [0.1, 0.15) is 78.1 Å². The highest BCUT2D eigenvalue weighted by Gasteiger charge is 2.24. The maximum absolute atomic E-state index is 11.7. The number of esters is 2. The first-order chi connectivity index (χ1) is 10.1. The molecule has 2 atom stereocenters. The lowest BCUT2D eigenvalue weighted by Gasteiger charge is -2.28. The van der Waals surface area contributed by atoms with Crippen LogP contribution in [0.15, 0.2) is 0 Å². The summed E-state index contributed by atoms with van der Waals surface area (Å²) in [6.45, 7) is 4.74. The zero-order valence-corrected chi connectivity index (χ0v) is 13.6. The first-order valence-electron chi connectivity index (χ1n) is 8.48. The molecule has 0 aromatic heterocycles. The van der Waals surface area contributed by atoms with Gasteiger partial charge in [-0.05, 0) is 31.6 Å². The van der Waals surface area contributed by atoms with Gasteiger partial charge in [-0.3, -0.25) is 9.59 Å². The van der Waals surface area contributed by atoms with Gasteiger partial charge in [0.15, 0.2) is 0 Å². The average molecular weight is 298 g/mol. The van der Waals surface area contributed by atoms with Crippen molar-refractivity contribution < 1.29 is 19.1 Å². The van der Waals surface area contributed by atoms with Crippen molar-refractivity contribution in [1.29, 1.82) is 0 Å². The number of carbonyl (C=O) groups is 2. The Morgan fingerprint density at radius 3 is 2.43 bits per heavy atom. The molecule has 4 heteroatoms. The molecule has 1 saturated carbocycles. The molecule has 0 heterocycles. The number of ether oxygens (including phenoxy) is 2. The first-order valence-corrected chi connectivity index (χ1v) is 8.48. The van der Waals surface area contributed by atoms with Crippen molar-refractivity contribution in [2.24, 2.45) is 5.92 Å². The predicted molar refractivity (Wildman–Crippen MR) is 81.8 cm³/mol. The van der Waals surface area contributed by atoms with Crippen LogP contribution in [-0.4, -0.2) is 24.6 Å². The summed E-state index contributed by atoms with van der Waals surface area (Å²) in [6, 6.07) is 0. The SMILES string of the molecule is CCCCCCOC(=O)CCC(=O)OC1CCCCC1C. The molecule has 2 unspecified atom stereocenters. The molecule has 0 aliphatic heterocycles. The van der Waals surface area contributed by atoms with E-state index in [-0.39, 0.29) is 30.9 Å². The van der Waals surface area contributed by atoms with Crippen LogP contribution in [0.5, 0.6) is 0 Å². The number of unbranched alkanes of at least 4 members (excludes halogenated alkanes) is 3. The average Bonchev–Trinajstić information content (AvgIpc) is 2.47. The zero-order chi connectivity index (χ0) is 15.5. The van der Waals surface area contributed by atoms with Gasteiger partial charge in [0, 0.05) is 0 Å². The van der Waals surface area contributed by atoms with Crippen molar-refractivity contribution in [2.45, 2.75) is 84.2 Å². The van der Waals surface area contributed by atoms with Gasteiger partial charge in [0.25, 0.3) is 0 Å². The van der Waals surface area contributed by atoms with Crippen molar-refractivity contribution in [3.63, 3.8) is 0 Å². The fourth-order valence-electron chi connectivity index (χ4n) is 2.68. The Bertz CT molecular complexity index is 314. The number of rotatable bonds is 9. The maximum Gasteiger partial charge on any atom is 0.306 e. The third-order valence-corrected chi connectivity index (χ3v) is 4.11. The van der Waals surface area contributed by atoms with Crippen molar-refractivity contribution in [3.8, 4) is 0 Å². The molecule has 0 N–H and O–H groups in total. The quantitative estimate of drug-likeness (QED) is 0.476. The van der Waals surface area contributed by atoms with Crippen molar-refractivity contribution in [1.82, 2.24) is 0 Å². The normalized spacial score (nSPS) is 21.8. The van der Waals surface area contributed by atoms with Gasteiger partial charge in [0.1, 0.15) is 6.10 Å². The van der Waals surface area contributed by atoms with E-state index in [1.807, 2.05) is 0 Å². The highest BCUT2D eigenvalue weighted by atomic mass is 16.5. The molecular formula is C17H30O4. The van der Waals surface area contributed by atoms with Crippen LogP contribution >= 0.6 is 0 Å². The number of carbonyl (C=O) groups excluding carboxylic acids is 2. The second-order valence-electron chi connectivity index (χ2n) is 6.07. The molecule has 1 fully saturated rings. The van der Waals surface area contributed by atoms with Crippen LogP contribution in [0.25, 0.3) is 0 Å². The van der Waals surface area contributed by atoms with E-state index >= 15 is 0 Å². The van der Waals surface area contributed by atoms with Gasteiger partial charge >= 0.3 is 11.9 Å². The Morgan fingerprint density at radius 2 is 1.71 bits per heavy atom. The maximum atomic E-state index is 11.7. The van der Waals surface area contributed by atoms with Crippen LogP contribution in [0.2, 0.25) is 0 Å². The largest absolute Gasteiger partial charge is 0.466 e. The molecule has 21 heavy (non-hydrogen) atoms. The molecule has 1 aliphatic rings. The van der Waals surface area contributed by atoms with Crippen LogP contribution in [0.4, 0.5) is 0 Å². The van der Waals surface area contributed by atoms with E-state index in [1.54, 1.807) is 0 Å². The smallest absolute Gasteiger partial charge is 0.306 e. The summed E-state index contributed by atoms with van der Waals surface area (Å²) in [6.07, 6.45) is 9.06. The van der Waals surface area contributed by atoms with Gasteiger partial charge in [0.05, 0.1) is 19.4 Å². The summed E-state index contributed by atoms with van der Waals surface area (Å²) in [4.78, 5) is 23.3. The lowest BCUT2D eigenvalue weighted by Crippen LogP contribution is -2.28. The third kappa shape index (κ3) is 8.08. The lowest BCUT2D eigenvalue weighted by atomic mass is 9.88. The Morgan fingerprint density at radius 1 is 1.00 bits per heavy atom. The molecule has 0 bridgehead atoms. The number of hydrogen-bond donors (Lipinski definition) is 0. The summed E-state index contributed by atoms with van der Waals surface area (Å²) in [5, 5.41) is 0. The van der Waals surface area contributed by atoms with Gasteiger partial charge < -0.3 is 9.47 Å². The second kappa shape index (κ2) is 10.6. The van der Waals surface area contributed by atoms with Gasteiger partial charge in [0.2, 0.25) is 0 Å². The fourth-order valence-corrected chi connectivity index (χ4v) is 2.68. The topological polar surface area (TPSA) is 52.6 Å². The second-order valence-corrected chi connectivity index (χ2v) is 6.07. The minimum Gasteiger partial charge on any atom is -0.466 e. The van der Waals surface area contributed by atoms with Crippen molar-refractivity contribution in [2.75, 3.05) is 6.61 Å². The summed E-state index contributed by atoms with van der Waals surface area (Å²) >= 11 is 0. The zero-order valence-electron chi connectivity index (χ0n) is 13.6. The molecule has 122 valence electrons. The minimum absolute atomic E-state index is 0.0383. The molecule has 0 radical (unpaired) electrons. The van der Waals surface area contributed by atoms with Crippen molar-refractivity contribution in [3.05, 3.63) is 0 Å². The summed E-state index contributed by atoms with van der Waals surface area (Å²) in [7, 11) is 0. The molecule has 4 nitrogen and oxygen atoms in total. The molecule has 0 aromatic carbocycles. The van der Waals surface area contributed by atoms with Crippen molar-refractivity contribution >= 4 is 11.9 Å². The summed E-state index contributed by atoms with van der Waals surface area (Å²) in [5.74, 6) is -0.120. The Hall–Kier alpha value is -1.06. The van der Waals surface area contributed by atoms with E-state index in [0.29, 0.717) is 12.5 Å². The molecule has 1 aliphatic carbocycles. The highest BCUT2D eigenvalue weighted by Crippen LogP contribution is 2.26. The Balaban J connectivity index is 2.07. The Kier molecular flexibility index (Phi) is 9.11. The lowest BCUT2D eigenvalue weighted by molar-refractivity contribution is -0.156. The summed E-state index contributed by atoms with van der Waals surface area (Å²) < 4.78 is 10.6. The van der Waals surface area contributed by atoms with Crippen LogP contribution < -0.4 is 0 Å². The monoisotopic (exact) mass is 298 g/mol. The van der Waals surface area contributed by atoms with Gasteiger partial charge in [-0.25, -0.2) is 0 Å². The van der Waals surface area contributed by atoms with E-state index in [0.717, 1.165) is 32.1 Å². The van der Waals surface area contributed by atoms with Crippen LogP contribution in [0.3, 0.4) is 0 Å². The van der Waals surface area contributed by atoms with E-state index in [4.69, 9.17) is 9.47 Å². The minimum atomic E-state index is -0.292. The fraction of sp³-hybridized carbons (Fsp3) is 0.882. The van der Waals surface area contributed by atoms with E-state index in [1.165, 1.54) is 19.3 Å². The molecule has 1 rings (SSSR count). The predicted octanol–water partition coefficient (Wildman–Crippen LogP) is 4.01. The highest BCUT2D eigenvalue weighted by molar-refractivity contribution is 5.77. The molecule has 0 spiro atoms. The molecule has 0 amide bonds. The molecule has 0 saturated heterocycles. The molecular weight excluding hydrogens is 268 g/mol. The van der Waals surface area contributed by atoms with E-state index in [2.05, 4.69) is 13.8 Å². The van der Waals surface area contributed by atoms with Gasteiger partial charge in [-0.2, -0.15) is 0 Å². The standard InChI is InChI=1S/C17H30O4/c1-3-4-5-8-13-20-16(18)11-12-17(19)21-15-10-7-6-9-14(15)2/h14-15H,3-13H2,1-2H3. The number of hydrogen-bond acceptors (Lipinski definition) is 4. The van der Waals surface area contributed by atoms with E-state index in [9.17, 15) is 9.59 Å². The molecule has 0 aromatic rings. The van der Waals surface area contributed by atoms with Gasteiger partial charge in [-0.15, -0.1) is 0 Å². The van der Waals surface area contributed by atoms with Crippen LogP contribution in [-0.2, 0) is 19.1 Å².